The Labute approximate surface area is 257 Å². The molecule has 0 amide bonds. The average molecular weight is 616 g/mol. The minimum atomic E-state index is -0.870. The van der Waals surface area contributed by atoms with Crippen LogP contribution in [-0.2, 0) is 29.1 Å². The van der Waals surface area contributed by atoms with E-state index in [4.69, 9.17) is 26.6 Å². The van der Waals surface area contributed by atoms with Crippen molar-refractivity contribution in [2.24, 2.45) is 0 Å². The summed E-state index contributed by atoms with van der Waals surface area (Å²) in [7, 11) is 0. The zero-order valence-corrected chi connectivity index (χ0v) is 25.5. The van der Waals surface area contributed by atoms with Crippen LogP contribution in [0.1, 0.15) is 44.9 Å². The number of aromatic nitrogens is 3. The molecule has 0 aliphatic carbocycles. The summed E-state index contributed by atoms with van der Waals surface area (Å²) in [5.74, 6) is -0.117. The van der Waals surface area contributed by atoms with Crippen molar-refractivity contribution in [3.05, 3.63) is 75.9 Å². The van der Waals surface area contributed by atoms with Crippen molar-refractivity contribution in [2.75, 3.05) is 44.2 Å². The van der Waals surface area contributed by atoms with Crippen molar-refractivity contribution in [2.45, 2.75) is 58.5 Å². The molecule has 1 aromatic heterocycles. The van der Waals surface area contributed by atoms with Gasteiger partial charge in [0.05, 0.1) is 6.54 Å². The maximum Gasteiger partial charge on any atom is 0.346 e. The van der Waals surface area contributed by atoms with Gasteiger partial charge in [0.25, 0.3) is 0 Å². The van der Waals surface area contributed by atoms with E-state index in [1.807, 2.05) is 55.5 Å². The quantitative estimate of drug-likeness (QED) is 0.241. The van der Waals surface area contributed by atoms with Gasteiger partial charge in [-0.05, 0) is 49.6 Å². The summed E-state index contributed by atoms with van der Waals surface area (Å²) in [5, 5.41) is 21.6. The smallest absolute Gasteiger partial charge is 0.346 e. The number of nitrogens with zero attached hydrogens (tertiary/aromatic N) is 5. The van der Waals surface area contributed by atoms with Crippen LogP contribution in [0.2, 0.25) is 5.02 Å². The average Bonchev–Trinajstić information content (AvgIpc) is 3.30. The lowest BCUT2D eigenvalue weighted by molar-refractivity contribution is -0.139. The second-order valence-corrected chi connectivity index (χ2v) is 10.7. The van der Waals surface area contributed by atoms with Gasteiger partial charge in [0.15, 0.2) is 0 Å². The second kappa shape index (κ2) is 18.0. The van der Waals surface area contributed by atoms with Crippen molar-refractivity contribution in [3.63, 3.8) is 0 Å². The predicted molar refractivity (Wildman–Crippen MR) is 166 cm³/mol. The van der Waals surface area contributed by atoms with Crippen LogP contribution >= 0.6 is 11.6 Å². The first-order valence-corrected chi connectivity index (χ1v) is 15.2. The second-order valence-electron chi connectivity index (χ2n) is 10.2. The predicted octanol–water partition coefficient (Wildman–Crippen LogP) is 4.27. The van der Waals surface area contributed by atoms with E-state index in [-0.39, 0.29) is 18.5 Å². The Morgan fingerprint density at radius 1 is 0.884 bits per heavy atom. The minimum absolute atomic E-state index is 0.0470. The minimum Gasteiger partial charge on any atom is -0.492 e. The molecule has 12 heteroatoms. The lowest BCUT2D eigenvalue weighted by atomic mass is 10.2. The van der Waals surface area contributed by atoms with Crippen molar-refractivity contribution in [1.29, 1.82) is 0 Å². The molecule has 1 fully saturated rings. The first kappa shape index (κ1) is 33.7. The van der Waals surface area contributed by atoms with Gasteiger partial charge in [-0.25, -0.2) is 9.48 Å². The molecule has 4 rings (SSSR count). The summed E-state index contributed by atoms with van der Waals surface area (Å²) in [6.45, 7) is 8.54. The number of hydrogen-bond acceptors (Lipinski definition) is 7. The van der Waals surface area contributed by atoms with E-state index in [0.717, 1.165) is 62.2 Å². The molecule has 1 saturated heterocycles. The van der Waals surface area contributed by atoms with Gasteiger partial charge in [0.1, 0.15) is 18.2 Å². The van der Waals surface area contributed by atoms with Crippen LogP contribution in [0.3, 0.4) is 0 Å². The molecule has 0 unspecified atom stereocenters. The van der Waals surface area contributed by atoms with Crippen LogP contribution in [0.5, 0.6) is 5.75 Å². The van der Waals surface area contributed by atoms with E-state index in [2.05, 4.69) is 21.0 Å². The SMILES string of the molecule is CCc1nn(CCCN2CCN(c3cccc(Cl)c3)CC2)c(=O)n1CCOc1ccccc1.O=C(O)CCCCC(=O)O. The summed E-state index contributed by atoms with van der Waals surface area (Å²) in [6, 6.07) is 17.7. The Morgan fingerprint density at radius 3 is 2.16 bits per heavy atom. The number of ether oxygens (including phenoxy) is 1. The molecule has 3 aromatic rings. The highest BCUT2D eigenvalue weighted by Gasteiger charge is 2.18. The first-order chi connectivity index (χ1) is 20.8. The van der Waals surface area contributed by atoms with Gasteiger partial charge in [-0.1, -0.05) is 42.8 Å². The monoisotopic (exact) mass is 615 g/mol. The highest BCUT2D eigenvalue weighted by atomic mass is 35.5. The van der Waals surface area contributed by atoms with Crippen molar-refractivity contribution < 1.29 is 24.5 Å². The number of hydrogen-bond donors (Lipinski definition) is 2. The van der Waals surface area contributed by atoms with Crippen molar-refractivity contribution in [1.82, 2.24) is 19.2 Å². The van der Waals surface area contributed by atoms with E-state index >= 15 is 0 Å². The highest BCUT2D eigenvalue weighted by Crippen LogP contribution is 2.20. The third-order valence-corrected chi connectivity index (χ3v) is 7.30. The number of halogens is 1. The number of unbranched alkanes of at least 4 members (excludes halogenated alkanes) is 1. The van der Waals surface area contributed by atoms with Crippen LogP contribution in [0, 0.1) is 0 Å². The van der Waals surface area contributed by atoms with Gasteiger partial charge in [0.2, 0.25) is 0 Å². The van der Waals surface area contributed by atoms with Gasteiger partial charge in [-0.2, -0.15) is 5.10 Å². The largest absolute Gasteiger partial charge is 0.492 e. The number of carboxylic acid groups (broad SMARTS) is 2. The molecule has 0 bridgehead atoms. The number of anilines is 1. The normalized spacial score (nSPS) is 13.3. The zero-order valence-electron chi connectivity index (χ0n) is 24.7. The van der Waals surface area contributed by atoms with E-state index in [1.54, 1.807) is 9.25 Å². The molecule has 234 valence electrons. The molecule has 0 spiro atoms. The molecule has 2 N–H and O–H groups in total. The van der Waals surface area contributed by atoms with Gasteiger partial charge in [0, 0.05) is 69.2 Å². The molecule has 0 saturated carbocycles. The molecule has 0 radical (unpaired) electrons. The zero-order chi connectivity index (χ0) is 31.0. The van der Waals surface area contributed by atoms with Gasteiger partial charge >= 0.3 is 17.6 Å². The van der Waals surface area contributed by atoms with Crippen LogP contribution in [0.4, 0.5) is 5.69 Å². The Bertz CT molecular complexity index is 1320. The van der Waals surface area contributed by atoms with Crippen LogP contribution < -0.4 is 15.3 Å². The Hall–Kier alpha value is -3.83. The summed E-state index contributed by atoms with van der Waals surface area (Å²) in [4.78, 5) is 37.5. The van der Waals surface area contributed by atoms with Gasteiger partial charge in [-0.3, -0.25) is 19.1 Å². The third-order valence-electron chi connectivity index (χ3n) is 7.06. The number of rotatable bonds is 15. The maximum absolute atomic E-state index is 12.9. The van der Waals surface area contributed by atoms with Gasteiger partial charge in [-0.15, -0.1) is 0 Å². The number of aryl methyl sites for hydroxylation is 2. The van der Waals surface area contributed by atoms with Crippen LogP contribution in [0.15, 0.2) is 59.4 Å². The van der Waals surface area contributed by atoms with E-state index in [0.29, 0.717) is 32.5 Å². The van der Waals surface area contributed by atoms with Crippen molar-refractivity contribution >= 4 is 29.2 Å². The number of para-hydroxylation sites is 1. The third kappa shape index (κ3) is 11.8. The number of aliphatic carboxylic acids is 2. The number of carbonyl (C=O) groups is 2. The standard InChI is InChI=1S/C25H32ClN5O2.C6H10O4/c1-2-24-27-31(25(32)30(24)18-19-33-23-10-4-3-5-11-23)13-7-12-28-14-16-29(17-15-28)22-9-6-8-21(26)20-22;7-5(8)3-1-2-4-6(9)10/h3-6,8-11,20H,2,7,12-19H2,1H3;1-4H2,(H,7,8)(H,9,10). The number of benzene rings is 2. The number of piperazine rings is 1. The van der Waals surface area contributed by atoms with Crippen LogP contribution in [-0.4, -0.2) is 80.7 Å². The molecular formula is C31H42ClN5O6. The molecule has 2 heterocycles. The lowest BCUT2D eigenvalue weighted by Crippen LogP contribution is -2.46. The summed E-state index contributed by atoms with van der Waals surface area (Å²) < 4.78 is 9.12. The van der Waals surface area contributed by atoms with Crippen LogP contribution in [0.25, 0.3) is 0 Å². The fraction of sp³-hybridized carbons (Fsp3) is 0.484. The Balaban J connectivity index is 0.000000436. The molecule has 0 atom stereocenters. The highest BCUT2D eigenvalue weighted by molar-refractivity contribution is 6.30. The molecular weight excluding hydrogens is 574 g/mol. The van der Waals surface area contributed by atoms with E-state index in [9.17, 15) is 14.4 Å². The molecule has 11 nitrogen and oxygen atoms in total. The lowest BCUT2D eigenvalue weighted by Gasteiger charge is -2.36. The molecule has 43 heavy (non-hydrogen) atoms. The Kier molecular flexibility index (Phi) is 14.1. The van der Waals surface area contributed by atoms with Crippen molar-refractivity contribution in [3.8, 4) is 5.75 Å². The van der Waals surface area contributed by atoms with E-state index in [1.165, 1.54) is 5.69 Å². The molecule has 1 aliphatic rings. The summed E-state index contributed by atoms with van der Waals surface area (Å²) >= 11 is 6.13. The molecule has 1 aliphatic heterocycles. The topological polar surface area (TPSA) is 130 Å². The molecule has 2 aromatic carbocycles. The maximum atomic E-state index is 12.9. The fourth-order valence-corrected chi connectivity index (χ4v) is 4.97. The Morgan fingerprint density at radius 2 is 1.56 bits per heavy atom. The first-order valence-electron chi connectivity index (χ1n) is 14.8. The fourth-order valence-electron chi connectivity index (χ4n) is 4.79. The summed E-state index contributed by atoms with van der Waals surface area (Å²) in [5.41, 5.74) is 1.14. The van der Waals surface area contributed by atoms with E-state index < -0.39 is 11.9 Å². The summed E-state index contributed by atoms with van der Waals surface area (Å²) in [6.07, 6.45) is 2.64. The van der Waals surface area contributed by atoms with Gasteiger partial charge < -0.3 is 19.8 Å². The number of carboxylic acids is 2.